The van der Waals surface area contributed by atoms with Crippen LogP contribution in [0.1, 0.15) is 6.92 Å². The molecule has 2 aromatic carbocycles. The molecule has 0 spiro atoms. The molecule has 1 heterocycles. The maximum atomic E-state index is 11.7. The molecule has 0 aliphatic rings. The summed E-state index contributed by atoms with van der Waals surface area (Å²) in [6.07, 6.45) is 2.56. The smallest absolute Gasteiger partial charge is 0.251 e. The summed E-state index contributed by atoms with van der Waals surface area (Å²) in [5, 5.41) is 0. The summed E-state index contributed by atoms with van der Waals surface area (Å²) in [6.45, 7) is 1.95. The van der Waals surface area contributed by atoms with E-state index in [-0.39, 0.29) is 16.6 Å². The van der Waals surface area contributed by atoms with Crippen LogP contribution in [-0.2, 0) is 9.84 Å². The van der Waals surface area contributed by atoms with Gasteiger partial charge in [-0.1, -0.05) is 22.6 Å². The molecule has 0 radical (unpaired) electrons. The molecular weight excluding hydrogens is 507 g/mol. The van der Waals surface area contributed by atoms with Crippen LogP contribution < -0.4 is 15.0 Å². The van der Waals surface area contributed by atoms with E-state index in [0.29, 0.717) is 28.6 Å². The van der Waals surface area contributed by atoms with Gasteiger partial charge in [0.15, 0.2) is 9.84 Å². The largest absolute Gasteiger partial charge is 0.490 e. The van der Waals surface area contributed by atoms with Crippen molar-refractivity contribution in [2.24, 2.45) is 0 Å². The molecular formula is C20H19IN2O5S. The van der Waals surface area contributed by atoms with E-state index in [1.807, 2.05) is 6.92 Å². The number of rotatable bonds is 7. The number of benzene rings is 2. The van der Waals surface area contributed by atoms with E-state index < -0.39 is 9.84 Å². The van der Waals surface area contributed by atoms with Crippen LogP contribution in [0.3, 0.4) is 0 Å². The van der Waals surface area contributed by atoms with Crippen LogP contribution >= 0.6 is 22.6 Å². The molecule has 0 aliphatic heterocycles. The Morgan fingerprint density at radius 1 is 1.07 bits per heavy atom. The summed E-state index contributed by atoms with van der Waals surface area (Å²) in [7, 11) is -3.28. The minimum Gasteiger partial charge on any atom is -0.490 e. The van der Waals surface area contributed by atoms with E-state index in [4.69, 9.17) is 9.47 Å². The van der Waals surface area contributed by atoms with Gasteiger partial charge in [-0.3, -0.25) is 4.79 Å². The Morgan fingerprint density at radius 3 is 2.38 bits per heavy atom. The SMILES string of the molecule is C[C@@H](CI)Oc1cc(Oc2ccc(S(C)(=O)=O)cc2)cc(-c2nccc(=O)[nH]2)c1. The lowest BCUT2D eigenvalue weighted by atomic mass is 10.2. The molecule has 0 saturated carbocycles. The molecule has 1 atom stereocenters. The highest BCUT2D eigenvalue weighted by molar-refractivity contribution is 14.1. The predicted octanol–water partition coefficient (Wildman–Crippen LogP) is 3.84. The molecule has 0 amide bonds. The maximum Gasteiger partial charge on any atom is 0.251 e. The van der Waals surface area contributed by atoms with E-state index in [2.05, 4.69) is 32.6 Å². The second kappa shape index (κ2) is 8.95. The van der Waals surface area contributed by atoms with Crippen LogP contribution in [0.2, 0.25) is 0 Å². The van der Waals surface area contributed by atoms with Crippen molar-refractivity contribution in [3.63, 3.8) is 0 Å². The first-order valence-corrected chi connectivity index (χ1v) is 12.1. The Kier molecular flexibility index (Phi) is 6.58. The number of H-pyrrole nitrogens is 1. The van der Waals surface area contributed by atoms with Gasteiger partial charge < -0.3 is 14.5 Å². The van der Waals surface area contributed by atoms with Gasteiger partial charge in [0.2, 0.25) is 0 Å². The number of aromatic nitrogens is 2. The van der Waals surface area contributed by atoms with Crippen molar-refractivity contribution in [3.05, 3.63) is 65.1 Å². The molecule has 3 rings (SSSR count). The zero-order valence-electron chi connectivity index (χ0n) is 15.8. The average molecular weight is 526 g/mol. The second-order valence-electron chi connectivity index (χ2n) is 6.40. The number of hydrogen-bond acceptors (Lipinski definition) is 6. The van der Waals surface area contributed by atoms with Gasteiger partial charge in [-0.05, 0) is 43.3 Å². The van der Waals surface area contributed by atoms with Gasteiger partial charge in [0, 0.05) is 34.6 Å². The molecule has 0 aliphatic carbocycles. The van der Waals surface area contributed by atoms with Crippen molar-refractivity contribution in [2.75, 3.05) is 10.7 Å². The normalized spacial score (nSPS) is 12.4. The Morgan fingerprint density at radius 2 is 1.76 bits per heavy atom. The summed E-state index contributed by atoms with van der Waals surface area (Å²) in [5.41, 5.74) is 0.365. The molecule has 0 bridgehead atoms. The molecule has 1 aromatic heterocycles. The number of aromatic amines is 1. The van der Waals surface area contributed by atoms with Crippen molar-refractivity contribution in [1.82, 2.24) is 9.97 Å². The highest BCUT2D eigenvalue weighted by atomic mass is 127. The lowest BCUT2D eigenvalue weighted by Gasteiger charge is -2.15. The number of nitrogens with one attached hydrogen (secondary N) is 1. The van der Waals surface area contributed by atoms with Crippen molar-refractivity contribution >= 4 is 32.4 Å². The summed E-state index contributed by atoms with van der Waals surface area (Å²) >= 11 is 2.24. The van der Waals surface area contributed by atoms with E-state index in [0.717, 1.165) is 10.7 Å². The lowest BCUT2D eigenvalue weighted by molar-refractivity contribution is 0.249. The van der Waals surface area contributed by atoms with Crippen LogP contribution in [0.4, 0.5) is 0 Å². The standard InChI is InChI=1S/C20H19IN2O5S/c1-13(12-21)27-16-9-14(20-22-8-7-19(24)23-20)10-17(11-16)28-15-3-5-18(6-4-15)29(2,25)26/h3-11,13H,12H2,1-2H3,(H,22,23,24)/t13-/m0/s1. The highest BCUT2D eigenvalue weighted by Gasteiger charge is 2.11. The molecule has 0 fully saturated rings. The third kappa shape index (κ3) is 5.80. The van der Waals surface area contributed by atoms with Crippen molar-refractivity contribution in [1.29, 1.82) is 0 Å². The first kappa shape index (κ1) is 21.3. The Balaban J connectivity index is 1.97. The fraction of sp³-hybridized carbons (Fsp3) is 0.200. The fourth-order valence-electron chi connectivity index (χ4n) is 2.51. The number of halogens is 1. The van der Waals surface area contributed by atoms with Crippen LogP contribution in [-0.4, -0.2) is 35.2 Å². The molecule has 9 heteroatoms. The predicted molar refractivity (Wildman–Crippen MR) is 119 cm³/mol. The topological polar surface area (TPSA) is 98.3 Å². The van der Waals surface area contributed by atoms with Crippen LogP contribution in [0.5, 0.6) is 17.2 Å². The van der Waals surface area contributed by atoms with Gasteiger partial charge in [0.05, 0.1) is 4.90 Å². The number of sulfone groups is 1. The molecule has 0 saturated heterocycles. The lowest BCUT2D eigenvalue weighted by Crippen LogP contribution is -2.13. The molecule has 0 unspecified atom stereocenters. The first-order chi connectivity index (χ1) is 13.7. The van der Waals surface area contributed by atoms with E-state index >= 15 is 0 Å². The highest BCUT2D eigenvalue weighted by Crippen LogP contribution is 2.32. The van der Waals surface area contributed by atoms with Crippen molar-refractivity contribution in [2.45, 2.75) is 17.9 Å². The zero-order valence-corrected chi connectivity index (χ0v) is 18.7. The minimum absolute atomic E-state index is 0.0180. The number of hydrogen-bond donors (Lipinski definition) is 1. The van der Waals surface area contributed by atoms with Gasteiger partial charge >= 0.3 is 0 Å². The van der Waals surface area contributed by atoms with Gasteiger partial charge in [0.25, 0.3) is 5.56 Å². The monoisotopic (exact) mass is 526 g/mol. The third-order valence-corrected chi connectivity index (χ3v) is 6.24. The van der Waals surface area contributed by atoms with Crippen molar-refractivity contribution < 1.29 is 17.9 Å². The Bertz CT molecular complexity index is 1160. The Labute approximate surface area is 182 Å². The maximum absolute atomic E-state index is 11.7. The third-order valence-electron chi connectivity index (χ3n) is 3.87. The van der Waals surface area contributed by atoms with E-state index in [9.17, 15) is 13.2 Å². The molecule has 3 aromatic rings. The van der Waals surface area contributed by atoms with E-state index in [1.54, 1.807) is 30.3 Å². The fourth-order valence-corrected chi connectivity index (χ4v) is 3.32. The van der Waals surface area contributed by atoms with Crippen molar-refractivity contribution in [3.8, 4) is 28.6 Å². The minimum atomic E-state index is -3.28. The van der Waals surface area contributed by atoms with Crippen LogP contribution in [0.15, 0.2) is 64.4 Å². The number of alkyl halides is 1. The average Bonchev–Trinajstić information content (AvgIpc) is 2.67. The summed E-state index contributed by atoms with van der Waals surface area (Å²) < 4.78 is 35.8. The molecule has 7 nitrogen and oxygen atoms in total. The van der Waals surface area contributed by atoms with Crippen LogP contribution in [0, 0.1) is 0 Å². The Hall–Kier alpha value is -2.40. The quantitative estimate of drug-likeness (QED) is 0.371. The van der Waals surface area contributed by atoms with Crippen LogP contribution in [0.25, 0.3) is 11.4 Å². The summed E-state index contributed by atoms with van der Waals surface area (Å²) in [6, 6.07) is 12.7. The van der Waals surface area contributed by atoms with Gasteiger partial charge in [-0.2, -0.15) is 0 Å². The number of ether oxygens (including phenoxy) is 2. The summed E-state index contributed by atoms with van der Waals surface area (Å²) in [5.74, 6) is 1.90. The molecule has 152 valence electrons. The van der Waals surface area contributed by atoms with E-state index in [1.165, 1.54) is 24.4 Å². The molecule has 29 heavy (non-hydrogen) atoms. The van der Waals surface area contributed by atoms with Gasteiger partial charge in [-0.15, -0.1) is 0 Å². The zero-order chi connectivity index (χ0) is 21.0. The molecule has 1 N–H and O–H groups in total. The second-order valence-corrected chi connectivity index (χ2v) is 9.30. The van der Waals surface area contributed by atoms with Gasteiger partial charge in [-0.25, -0.2) is 13.4 Å². The van der Waals surface area contributed by atoms with Gasteiger partial charge in [0.1, 0.15) is 29.2 Å². The number of nitrogens with zero attached hydrogens (tertiary/aromatic N) is 1. The summed E-state index contributed by atoms with van der Waals surface area (Å²) in [4.78, 5) is 18.8. The first-order valence-electron chi connectivity index (χ1n) is 8.66.